The third kappa shape index (κ3) is 3.40. The Labute approximate surface area is 169 Å². The largest absolute Gasteiger partial charge is 0.493 e. The number of carbonyl (C=O) groups excluding carboxylic acids is 1. The lowest BCUT2D eigenvalue weighted by Crippen LogP contribution is -2.44. The molecule has 4 rings (SSSR count). The maximum atomic E-state index is 12.5. The zero-order chi connectivity index (χ0) is 20.5. The SMILES string of the molecule is COc1cc(C2NC(=O)c3ccccc3N2C)ccc1OCc1c(C)noc1C. The normalized spacial score (nSPS) is 15.7. The molecule has 1 aromatic heterocycles. The lowest BCUT2D eigenvalue weighted by molar-refractivity contribution is 0.0928. The maximum Gasteiger partial charge on any atom is 0.255 e. The fraction of sp³-hybridized carbons (Fsp3) is 0.273. The van der Waals surface area contributed by atoms with Crippen molar-refractivity contribution in [2.45, 2.75) is 26.6 Å². The number of aryl methyl sites for hydroxylation is 2. The molecule has 0 radical (unpaired) electrons. The van der Waals surface area contributed by atoms with Gasteiger partial charge in [0.2, 0.25) is 0 Å². The average molecular weight is 393 g/mol. The molecule has 150 valence electrons. The smallest absolute Gasteiger partial charge is 0.255 e. The highest BCUT2D eigenvalue weighted by molar-refractivity contribution is 6.02. The molecule has 0 bridgehead atoms. The molecule has 7 heteroatoms. The molecule has 0 spiro atoms. The van der Waals surface area contributed by atoms with E-state index in [1.54, 1.807) is 7.11 Å². The van der Waals surface area contributed by atoms with Gasteiger partial charge in [0.15, 0.2) is 11.5 Å². The van der Waals surface area contributed by atoms with Gasteiger partial charge in [-0.2, -0.15) is 0 Å². The van der Waals surface area contributed by atoms with E-state index >= 15 is 0 Å². The number of carbonyl (C=O) groups is 1. The van der Waals surface area contributed by atoms with Gasteiger partial charge in [0, 0.05) is 7.05 Å². The van der Waals surface area contributed by atoms with E-state index in [2.05, 4.69) is 10.5 Å². The summed E-state index contributed by atoms with van der Waals surface area (Å²) in [6, 6.07) is 13.2. The second-order valence-electron chi connectivity index (χ2n) is 7.01. The van der Waals surface area contributed by atoms with Gasteiger partial charge in [-0.05, 0) is 43.7 Å². The summed E-state index contributed by atoms with van der Waals surface area (Å²) in [6.07, 6.45) is -0.303. The Morgan fingerprint density at radius 2 is 1.97 bits per heavy atom. The van der Waals surface area contributed by atoms with Crippen LogP contribution in [0, 0.1) is 13.8 Å². The Morgan fingerprint density at radius 1 is 1.17 bits per heavy atom. The minimum atomic E-state index is -0.303. The molecule has 1 N–H and O–H groups in total. The minimum absolute atomic E-state index is 0.0959. The van der Waals surface area contributed by atoms with E-state index in [0.717, 1.165) is 28.3 Å². The van der Waals surface area contributed by atoms with Crippen LogP contribution in [0.5, 0.6) is 11.5 Å². The second-order valence-corrected chi connectivity index (χ2v) is 7.01. The Hall–Kier alpha value is -3.48. The van der Waals surface area contributed by atoms with Gasteiger partial charge < -0.3 is 24.2 Å². The molecule has 1 unspecified atom stereocenters. The number of hydrogen-bond acceptors (Lipinski definition) is 6. The number of benzene rings is 2. The number of nitrogens with one attached hydrogen (secondary N) is 1. The molecular weight excluding hydrogens is 370 g/mol. The molecule has 2 heterocycles. The van der Waals surface area contributed by atoms with Crippen LogP contribution in [0.25, 0.3) is 0 Å². The number of methoxy groups -OCH3 is 1. The highest BCUT2D eigenvalue weighted by Crippen LogP contribution is 2.36. The minimum Gasteiger partial charge on any atom is -0.493 e. The molecule has 7 nitrogen and oxygen atoms in total. The van der Waals surface area contributed by atoms with E-state index < -0.39 is 0 Å². The van der Waals surface area contributed by atoms with Gasteiger partial charge in [0.05, 0.1) is 29.6 Å². The molecule has 1 atom stereocenters. The van der Waals surface area contributed by atoms with Gasteiger partial charge in [0.1, 0.15) is 18.5 Å². The summed E-state index contributed by atoms with van der Waals surface area (Å²) < 4.78 is 16.7. The lowest BCUT2D eigenvalue weighted by Gasteiger charge is -2.36. The van der Waals surface area contributed by atoms with Crippen LogP contribution in [0.15, 0.2) is 47.0 Å². The first-order valence-corrected chi connectivity index (χ1v) is 9.34. The Kier molecular flexibility index (Phi) is 4.88. The molecule has 0 fully saturated rings. The summed E-state index contributed by atoms with van der Waals surface area (Å²) in [5, 5.41) is 7.00. The number of para-hydroxylation sites is 1. The van der Waals surface area contributed by atoms with Crippen molar-refractivity contribution in [2.24, 2.45) is 0 Å². The topological polar surface area (TPSA) is 76.8 Å². The van der Waals surface area contributed by atoms with Gasteiger partial charge in [-0.1, -0.05) is 23.4 Å². The number of aromatic nitrogens is 1. The monoisotopic (exact) mass is 393 g/mol. The zero-order valence-corrected chi connectivity index (χ0v) is 16.9. The van der Waals surface area contributed by atoms with Gasteiger partial charge >= 0.3 is 0 Å². The Bertz CT molecular complexity index is 1040. The predicted octanol–water partition coefficient (Wildman–Crippen LogP) is 3.76. The maximum absolute atomic E-state index is 12.5. The molecule has 1 amide bonds. The molecule has 0 saturated heterocycles. The van der Waals surface area contributed by atoms with Crippen molar-refractivity contribution in [3.63, 3.8) is 0 Å². The van der Waals surface area contributed by atoms with Crippen LogP contribution in [-0.4, -0.2) is 25.2 Å². The van der Waals surface area contributed by atoms with Crippen LogP contribution >= 0.6 is 0 Å². The number of rotatable bonds is 5. The van der Waals surface area contributed by atoms with E-state index in [1.165, 1.54) is 0 Å². The molecule has 0 saturated carbocycles. The van der Waals surface area contributed by atoms with E-state index in [9.17, 15) is 4.79 Å². The van der Waals surface area contributed by atoms with Crippen LogP contribution in [-0.2, 0) is 6.61 Å². The standard InChI is InChI=1S/C22H23N3O4/c1-13-17(14(2)29-24-13)12-28-19-10-9-15(11-20(19)27-4)21-23-22(26)16-7-5-6-8-18(16)25(21)3/h5-11,21H,12H2,1-4H3,(H,23,26). The molecule has 29 heavy (non-hydrogen) atoms. The molecule has 0 aliphatic carbocycles. The first-order valence-electron chi connectivity index (χ1n) is 9.34. The van der Waals surface area contributed by atoms with Crippen molar-refractivity contribution >= 4 is 11.6 Å². The van der Waals surface area contributed by atoms with Crippen LogP contribution in [0.2, 0.25) is 0 Å². The molecule has 1 aliphatic heterocycles. The number of fused-ring (bicyclic) bond motifs is 1. The van der Waals surface area contributed by atoms with E-state index in [0.29, 0.717) is 23.7 Å². The summed E-state index contributed by atoms with van der Waals surface area (Å²) in [4.78, 5) is 14.6. The van der Waals surface area contributed by atoms with Gasteiger partial charge in [-0.3, -0.25) is 4.79 Å². The molecular formula is C22H23N3O4. The Morgan fingerprint density at radius 3 is 2.69 bits per heavy atom. The van der Waals surface area contributed by atoms with Crippen molar-refractivity contribution in [3.8, 4) is 11.5 Å². The number of hydrogen-bond donors (Lipinski definition) is 1. The van der Waals surface area contributed by atoms with Crippen molar-refractivity contribution in [2.75, 3.05) is 19.1 Å². The number of ether oxygens (including phenoxy) is 2. The summed E-state index contributed by atoms with van der Waals surface area (Å²) in [6.45, 7) is 4.08. The summed E-state index contributed by atoms with van der Waals surface area (Å²) in [7, 11) is 3.55. The second kappa shape index (κ2) is 7.50. The quantitative estimate of drug-likeness (QED) is 0.711. The third-order valence-corrected chi connectivity index (χ3v) is 5.24. The first-order chi connectivity index (χ1) is 14.0. The van der Waals surface area contributed by atoms with Crippen molar-refractivity contribution in [3.05, 3.63) is 70.6 Å². The lowest BCUT2D eigenvalue weighted by atomic mass is 10.0. The fourth-order valence-electron chi connectivity index (χ4n) is 3.55. The summed E-state index contributed by atoms with van der Waals surface area (Å²) in [5.41, 5.74) is 4.18. The third-order valence-electron chi connectivity index (χ3n) is 5.24. The Balaban J connectivity index is 1.59. The van der Waals surface area contributed by atoms with Crippen LogP contribution in [0.4, 0.5) is 5.69 Å². The van der Waals surface area contributed by atoms with Crippen molar-refractivity contribution < 1.29 is 18.8 Å². The number of anilines is 1. The van der Waals surface area contributed by atoms with Gasteiger partial charge in [-0.15, -0.1) is 0 Å². The summed E-state index contributed by atoms with van der Waals surface area (Å²) in [5.74, 6) is 1.85. The molecule has 3 aromatic rings. The van der Waals surface area contributed by atoms with E-state index in [1.807, 2.05) is 68.3 Å². The van der Waals surface area contributed by atoms with Gasteiger partial charge in [0.25, 0.3) is 5.91 Å². The van der Waals surface area contributed by atoms with Crippen LogP contribution < -0.4 is 19.7 Å². The number of amides is 1. The highest BCUT2D eigenvalue weighted by Gasteiger charge is 2.29. The van der Waals surface area contributed by atoms with E-state index in [4.69, 9.17) is 14.0 Å². The van der Waals surface area contributed by atoms with Crippen LogP contribution in [0.3, 0.4) is 0 Å². The summed E-state index contributed by atoms with van der Waals surface area (Å²) >= 11 is 0. The van der Waals surface area contributed by atoms with Crippen LogP contribution in [0.1, 0.15) is 39.1 Å². The van der Waals surface area contributed by atoms with Crippen molar-refractivity contribution in [1.82, 2.24) is 10.5 Å². The van der Waals surface area contributed by atoms with Gasteiger partial charge in [-0.25, -0.2) is 0 Å². The average Bonchev–Trinajstić information content (AvgIpc) is 3.06. The first kappa shape index (κ1) is 18.9. The fourth-order valence-corrected chi connectivity index (χ4v) is 3.55. The highest BCUT2D eigenvalue weighted by atomic mass is 16.5. The van der Waals surface area contributed by atoms with E-state index in [-0.39, 0.29) is 12.1 Å². The predicted molar refractivity (Wildman–Crippen MR) is 108 cm³/mol. The number of nitrogens with zero attached hydrogens (tertiary/aromatic N) is 2. The zero-order valence-electron chi connectivity index (χ0n) is 16.9. The molecule has 1 aliphatic rings. The van der Waals surface area contributed by atoms with Crippen molar-refractivity contribution in [1.29, 1.82) is 0 Å². The molecule has 2 aromatic carbocycles.